The molecule has 0 heterocycles. The van der Waals surface area contributed by atoms with Crippen LogP contribution < -0.4 is 0 Å². The maximum Gasteiger partial charge on any atom is -0.00926 e. The lowest BCUT2D eigenvalue weighted by Crippen LogP contribution is -1.58. The smallest absolute Gasteiger partial charge is 0.00926 e. The van der Waals surface area contributed by atoms with Gasteiger partial charge in [0.25, 0.3) is 0 Å². The molecule has 1 aliphatic carbocycles. The molecule has 0 N–H and O–H groups in total. The molecular weight excluding hydrogens is 103 g/mol. The van der Waals surface area contributed by atoms with E-state index in [1.807, 2.05) is 0 Å². The van der Waals surface area contributed by atoms with E-state index in [4.69, 9.17) is 0 Å². The summed E-state index contributed by atoms with van der Waals surface area (Å²) in [5.41, 5.74) is 0. The third kappa shape index (κ3) is 1.14. The first-order valence-electron chi connectivity index (χ1n) is 2.47. The summed E-state index contributed by atoms with van der Waals surface area (Å²) in [5.74, 6) is 0. The fraction of sp³-hybridized carbons (Fsp3) is 0.333. The third-order valence-electron chi connectivity index (χ3n) is 1.09. The van der Waals surface area contributed by atoms with E-state index in [9.17, 15) is 0 Å². The fourth-order valence-corrected chi connectivity index (χ4v) is 1.22. The van der Waals surface area contributed by atoms with Crippen LogP contribution in [0.2, 0.25) is 0 Å². The molecule has 1 unspecified atom stereocenters. The normalized spacial score (nSPS) is 19.3. The molecule has 0 aromatic carbocycles. The van der Waals surface area contributed by atoms with Crippen LogP contribution in [0.4, 0.5) is 0 Å². The van der Waals surface area contributed by atoms with Gasteiger partial charge in [-0.25, -0.2) is 0 Å². The predicted octanol–water partition coefficient (Wildman–Crippen LogP) is 2.14. The van der Waals surface area contributed by atoms with Crippen LogP contribution in [0.15, 0.2) is 23.5 Å². The van der Waals surface area contributed by atoms with Crippen molar-refractivity contribution in [1.82, 2.24) is 0 Å². The van der Waals surface area contributed by atoms with Crippen LogP contribution in [-0.2, 0) is 0 Å². The highest BCUT2D eigenvalue weighted by molar-refractivity contribution is 7.42. The van der Waals surface area contributed by atoms with Gasteiger partial charge in [0.05, 0.1) is 0 Å². The van der Waals surface area contributed by atoms with Crippen molar-refractivity contribution in [2.75, 3.05) is 6.66 Å². The van der Waals surface area contributed by atoms with Crippen molar-refractivity contribution in [3.8, 4) is 0 Å². The van der Waals surface area contributed by atoms with Gasteiger partial charge in [-0.2, -0.15) is 0 Å². The van der Waals surface area contributed by atoms with Crippen molar-refractivity contribution in [2.45, 2.75) is 6.42 Å². The van der Waals surface area contributed by atoms with Crippen molar-refractivity contribution >= 4 is 8.58 Å². The van der Waals surface area contributed by atoms with Gasteiger partial charge in [-0.05, 0) is 18.4 Å². The molecule has 0 nitrogen and oxygen atoms in total. The van der Waals surface area contributed by atoms with Crippen LogP contribution >= 0.6 is 8.58 Å². The summed E-state index contributed by atoms with van der Waals surface area (Å²) in [7, 11) is 1.01. The number of allylic oxidation sites excluding steroid dienone is 4. The Hall–Kier alpha value is -0.0900. The van der Waals surface area contributed by atoms with Crippen LogP contribution in [0, 0.1) is 0 Å². The van der Waals surface area contributed by atoms with E-state index < -0.39 is 0 Å². The van der Waals surface area contributed by atoms with Gasteiger partial charge in [0.2, 0.25) is 0 Å². The minimum atomic E-state index is 1.01. The van der Waals surface area contributed by atoms with Crippen LogP contribution in [0.25, 0.3) is 0 Å². The second kappa shape index (κ2) is 2.28. The summed E-state index contributed by atoms with van der Waals surface area (Å²) in [5, 5.41) is 1.58. The first-order valence-corrected chi connectivity index (χ1v) is 3.97. The zero-order valence-electron chi connectivity index (χ0n) is 4.44. The van der Waals surface area contributed by atoms with Crippen molar-refractivity contribution in [3.63, 3.8) is 0 Å². The lowest BCUT2D eigenvalue weighted by molar-refractivity contribution is 1.41. The van der Waals surface area contributed by atoms with Gasteiger partial charge in [-0.15, -0.1) is 0 Å². The maximum absolute atomic E-state index is 2.22. The van der Waals surface area contributed by atoms with E-state index in [0.29, 0.717) is 0 Å². The molecular formula is C6H9P. The van der Waals surface area contributed by atoms with Crippen molar-refractivity contribution in [1.29, 1.82) is 0 Å². The summed E-state index contributed by atoms with van der Waals surface area (Å²) < 4.78 is 0. The Morgan fingerprint density at radius 1 is 1.71 bits per heavy atom. The summed E-state index contributed by atoms with van der Waals surface area (Å²) >= 11 is 0. The maximum atomic E-state index is 2.22. The topological polar surface area (TPSA) is 0 Å². The summed E-state index contributed by atoms with van der Waals surface area (Å²) in [4.78, 5) is 0. The second-order valence-corrected chi connectivity index (χ2v) is 2.72. The fourth-order valence-electron chi connectivity index (χ4n) is 0.633. The molecule has 0 bridgehead atoms. The minimum absolute atomic E-state index is 1.01. The molecule has 0 fully saturated rings. The zero-order valence-corrected chi connectivity index (χ0v) is 5.44. The predicted molar refractivity (Wildman–Crippen MR) is 36.1 cm³/mol. The molecule has 0 saturated carbocycles. The Labute approximate surface area is 46.1 Å². The molecule has 1 aliphatic rings. The monoisotopic (exact) mass is 112 g/mol. The molecule has 1 heteroatoms. The number of hydrogen-bond donors (Lipinski definition) is 0. The molecule has 0 aliphatic heterocycles. The van der Waals surface area contributed by atoms with Gasteiger partial charge in [0.15, 0.2) is 0 Å². The highest BCUT2D eigenvalue weighted by atomic mass is 31.1. The Kier molecular flexibility index (Phi) is 1.64. The molecule has 0 saturated heterocycles. The Morgan fingerprint density at radius 2 is 2.57 bits per heavy atom. The first-order chi connectivity index (χ1) is 3.43. The average Bonchev–Trinajstić information content (AvgIpc) is 2.14. The molecule has 0 spiro atoms. The van der Waals surface area contributed by atoms with Crippen LogP contribution in [-0.4, -0.2) is 6.66 Å². The van der Waals surface area contributed by atoms with Gasteiger partial charge in [-0.1, -0.05) is 26.8 Å². The summed E-state index contributed by atoms with van der Waals surface area (Å²) in [6, 6.07) is 0. The molecule has 38 valence electrons. The Balaban J connectivity index is 2.45. The van der Waals surface area contributed by atoms with E-state index >= 15 is 0 Å². The Morgan fingerprint density at radius 3 is 2.86 bits per heavy atom. The van der Waals surface area contributed by atoms with E-state index in [0.717, 1.165) is 8.58 Å². The zero-order chi connectivity index (χ0) is 5.11. The van der Waals surface area contributed by atoms with Crippen molar-refractivity contribution in [3.05, 3.63) is 23.5 Å². The van der Waals surface area contributed by atoms with Crippen LogP contribution in [0.5, 0.6) is 0 Å². The van der Waals surface area contributed by atoms with Crippen LogP contribution in [0.3, 0.4) is 0 Å². The lowest BCUT2D eigenvalue weighted by atomic mass is 10.5. The van der Waals surface area contributed by atoms with Crippen molar-refractivity contribution < 1.29 is 0 Å². The molecule has 1 atom stereocenters. The largest absolute Gasteiger partial charge is 0.0977 e. The SMILES string of the molecule is CPC1=CC=CC1. The highest BCUT2D eigenvalue weighted by Crippen LogP contribution is 2.25. The van der Waals surface area contributed by atoms with E-state index in [-0.39, 0.29) is 0 Å². The quantitative estimate of drug-likeness (QED) is 0.456. The van der Waals surface area contributed by atoms with E-state index in [1.165, 1.54) is 6.42 Å². The van der Waals surface area contributed by atoms with Gasteiger partial charge >= 0.3 is 0 Å². The van der Waals surface area contributed by atoms with E-state index in [2.05, 4.69) is 24.9 Å². The Bertz CT molecular complexity index is 111. The van der Waals surface area contributed by atoms with Gasteiger partial charge in [0.1, 0.15) is 0 Å². The molecule has 0 amide bonds. The van der Waals surface area contributed by atoms with Crippen LogP contribution in [0.1, 0.15) is 6.42 Å². The number of rotatable bonds is 1. The standard InChI is InChI=1S/C6H9P/c1-7-6-4-2-3-5-6/h2-4,7H,5H2,1H3. The average molecular weight is 112 g/mol. The first kappa shape index (κ1) is 5.05. The second-order valence-electron chi connectivity index (χ2n) is 1.57. The van der Waals surface area contributed by atoms with Gasteiger partial charge < -0.3 is 0 Å². The highest BCUT2D eigenvalue weighted by Gasteiger charge is 1.91. The molecule has 0 aromatic heterocycles. The van der Waals surface area contributed by atoms with Gasteiger partial charge in [-0.3, -0.25) is 0 Å². The molecule has 0 radical (unpaired) electrons. The summed E-state index contributed by atoms with van der Waals surface area (Å²) in [6.45, 7) is 2.22. The molecule has 0 aromatic rings. The van der Waals surface area contributed by atoms with E-state index in [1.54, 1.807) is 5.31 Å². The minimum Gasteiger partial charge on any atom is -0.0977 e. The number of hydrogen-bond acceptors (Lipinski definition) is 0. The van der Waals surface area contributed by atoms with Crippen molar-refractivity contribution in [2.24, 2.45) is 0 Å². The third-order valence-corrected chi connectivity index (χ3v) is 2.11. The molecule has 1 rings (SSSR count). The summed E-state index contributed by atoms with van der Waals surface area (Å²) in [6.07, 6.45) is 7.74. The lowest BCUT2D eigenvalue weighted by Gasteiger charge is -1.89. The van der Waals surface area contributed by atoms with Gasteiger partial charge in [0, 0.05) is 0 Å². The molecule has 7 heavy (non-hydrogen) atoms.